The first-order chi connectivity index (χ1) is 8.00. The molecule has 0 amide bonds. The van der Waals surface area contributed by atoms with E-state index in [0.29, 0.717) is 5.75 Å². The van der Waals surface area contributed by atoms with Crippen LogP contribution in [0, 0.1) is 0 Å². The molecule has 3 nitrogen and oxygen atoms in total. The quantitative estimate of drug-likeness (QED) is 0.728. The third-order valence-corrected chi connectivity index (χ3v) is 3.82. The van der Waals surface area contributed by atoms with Gasteiger partial charge in [-0.2, -0.15) is 0 Å². The minimum Gasteiger partial charge on any atom is -0.508 e. The summed E-state index contributed by atoms with van der Waals surface area (Å²) in [6, 6.07) is 5.64. The minimum absolute atomic E-state index is 0.00300. The van der Waals surface area contributed by atoms with E-state index in [2.05, 4.69) is 30.8 Å². The Morgan fingerprint density at radius 1 is 1.35 bits per heavy atom. The second-order valence-corrected chi connectivity index (χ2v) is 5.39. The van der Waals surface area contributed by atoms with E-state index in [1.165, 1.54) is 22.2 Å². The molecular formula is C14H18N2O. The number of rotatable bonds is 0. The van der Waals surface area contributed by atoms with Gasteiger partial charge in [-0.1, -0.05) is 0 Å². The fourth-order valence-corrected chi connectivity index (χ4v) is 3.14. The molecule has 0 saturated heterocycles. The zero-order valence-electron chi connectivity index (χ0n) is 10.5. The average Bonchev–Trinajstić information content (AvgIpc) is 2.53. The van der Waals surface area contributed by atoms with Crippen LogP contribution in [0.4, 0.5) is 0 Å². The molecule has 0 spiro atoms. The number of benzene rings is 1. The van der Waals surface area contributed by atoms with Crippen LogP contribution in [0.25, 0.3) is 10.9 Å². The highest BCUT2D eigenvalue weighted by atomic mass is 16.3. The van der Waals surface area contributed by atoms with E-state index in [4.69, 9.17) is 0 Å². The average molecular weight is 230 g/mol. The van der Waals surface area contributed by atoms with Gasteiger partial charge in [-0.3, -0.25) is 0 Å². The predicted molar refractivity (Wildman–Crippen MR) is 69.3 cm³/mol. The molecule has 0 unspecified atom stereocenters. The number of fused-ring (bicyclic) bond motifs is 3. The van der Waals surface area contributed by atoms with Crippen molar-refractivity contribution in [3.05, 3.63) is 29.5 Å². The van der Waals surface area contributed by atoms with Crippen molar-refractivity contribution in [2.75, 3.05) is 6.54 Å². The first-order valence-electron chi connectivity index (χ1n) is 6.06. The van der Waals surface area contributed by atoms with Crippen LogP contribution in [-0.2, 0) is 19.0 Å². The monoisotopic (exact) mass is 230 g/mol. The van der Waals surface area contributed by atoms with Crippen LogP contribution in [0.1, 0.15) is 25.1 Å². The number of aryl methyl sites for hydroxylation is 1. The fourth-order valence-electron chi connectivity index (χ4n) is 3.14. The molecule has 0 fully saturated rings. The molecule has 1 aliphatic heterocycles. The topological polar surface area (TPSA) is 37.2 Å². The number of aromatic hydroxyl groups is 1. The lowest BCUT2D eigenvalue weighted by Crippen LogP contribution is -2.43. The van der Waals surface area contributed by atoms with Gasteiger partial charge in [-0.25, -0.2) is 0 Å². The lowest BCUT2D eigenvalue weighted by atomic mass is 9.90. The number of hydrogen-bond acceptors (Lipinski definition) is 2. The van der Waals surface area contributed by atoms with Gasteiger partial charge in [0.05, 0.1) is 5.54 Å². The highest BCUT2D eigenvalue weighted by Gasteiger charge is 2.31. The van der Waals surface area contributed by atoms with Gasteiger partial charge in [-0.15, -0.1) is 0 Å². The van der Waals surface area contributed by atoms with Crippen molar-refractivity contribution in [3.63, 3.8) is 0 Å². The van der Waals surface area contributed by atoms with E-state index in [1.807, 2.05) is 12.1 Å². The molecule has 3 heteroatoms. The minimum atomic E-state index is -0.00300. The normalized spacial score (nSPS) is 18.3. The summed E-state index contributed by atoms with van der Waals surface area (Å²) in [4.78, 5) is 0. The van der Waals surface area contributed by atoms with Crippen molar-refractivity contribution >= 4 is 10.9 Å². The zero-order chi connectivity index (χ0) is 12.2. The molecule has 0 atom stereocenters. The van der Waals surface area contributed by atoms with Gasteiger partial charge in [0.15, 0.2) is 0 Å². The van der Waals surface area contributed by atoms with Gasteiger partial charge < -0.3 is 15.0 Å². The SMILES string of the molecule is Cn1c2c(c3cc(O)ccc31)CCNC2(C)C. The smallest absolute Gasteiger partial charge is 0.116 e. The molecule has 1 aromatic heterocycles. The summed E-state index contributed by atoms with van der Waals surface area (Å²) in [5.41, 5.74) is 3.91. The van der Waals surface area contributed by atoms with E-state index in [1.54, 1.807) is 6.07 Å². The Balaban J connectivity index is 2.42. The van der Waals surface area contributed by atoms with E-state index in [9.17, 15) is 5.11 Å². The maximum absolute atomic E-state index is 9.65. The highest BCUT2D eigenvalue weighted by Crippen LogP contribution is 2.36. The lowest BCUT2D eigenvalue weighted by molar-refractivity contribution is 0.363. The van der Waals surface area contributed by atoms with Crippen molar-refractivity contribution in [1.82, 2.24) is 9.88 Å². The molecule has 2 heterocycles. The molecule has 3 rings (SSSR count). The van der Waals surface area contributed by atoms with Crippen LogP contribution in [-0.4, -0.2) is 16.2 Å². The van der Waals surface area contributed by atoms with Crippen molar-refractivity contribution in [2.24, 2.45) is 7.05 Å². The summed E-state index contributed by atoms with van der Waals surface area (Å²) in [7, 11) is 2.10. The molecule has 1 aromatic carbocycles. The number of nitrogens with one attached hydrogen (secondary N) is 1. The second kappa shape index (κ2) is 3.26. The van der Waals surface area contributed by atoms with Crippen LogP contribution in [0.3, 0.4) is 0 Å². The summed E-state index contributed by atoms with van der Waals surface area (Å²) < 4.78 is 2.25. The first-order valence-corrected chi connectivity index (χ1v) is 6.06. The van der Waals surface area contributed by atoms with Crippen molar-refractivity contribution in [1.29, 1.82) is 0 Å². The Labute approximate surface area is 101 Å². The van der Waals surface area contributed by atoms with Crippen molar-refractivity contribution in [3.8, 4) is 5.75 Å². The van der Waals surface area contributed by atoms with Gasteiger partial charge in [0.25, 0.3) is 0 Å². The predicted octanol–water partition coefficient (Wildman–Crippen LogP) is 2.26. The molecule has 0 bridgehead atoms. The van der Waals surface area contributed by atoms with Gasteiger partial charge in [0, 0.05) is 30.2 Å². The highest BCUT2D eigenvalue weighted by molar-refractivity contribution is 5.87. The number of phenols is 1. The van der Waals surface area contributed by atoms with E-state index >= 15 is 0 Å². The third kappa shape index (κ3) is 1.39. The van der Waals surface area contributed by atoms with Crippen LogP contribution in [0.2, 0.25) is 0 Å². The summed E-state index contributed by atoms with van der Waals surface area (Å²) in [5, 5.41) is 14.4. The number of nitrogens with zero attached hydrogens (tertiary/aromatic N) is 1. The van der Waals surface area contributed by atoms with Gasteiger partial charge in [0.1, 0.15) is 5.75 Å². The zero-order valence-corrected chi connectivity index (χ0v) is 10.5. The molecule has 0 saturated carbocycles. The Morgan fingerprint density at radius 2 is 2.12 bits per heavy atom. The number of phenolic OH excluding ortho intramolecular Hbond substituents is 1. The molecule has 2 N–H and O–H groups in total. The third-order valence-electron chi connectivity index (χ3n) is 3.82. The van der Waals surface area contributed by atoms with Gasteiger partial charge in [-0.05, 0) is 44.0 Å². The Kier molecular flexibility index (Phi) is 2.05. The van der Waals surface area contributed by atoms with E-state index in [-0.39, 0.29) is 5.54 Å². The number of aromatic nitrogens is 1. The Morgan fingerprint density at radius 3 is 2.88 bits per heavy atom. The second-order valence-electron chi connectivity index (χ2n) is 5.39. The Bertz CT molecular complexity index is 596. The van der Waals surface area contributed by atoms with Gasteiger partial charge in [0.2, 0.25) is 0 Å². The van der Waals surface area contributed by atoms with Crippen LogP contribution in [0.15, 0.2) is 18.2 Å². The molecule has 90 valence electrons. The van der Waals surface area contributed by atoms with Crippen LogP contribution >= 0.6 is 0 Å². The van der Waals surface area contributed by atoms with Crippen molar-refractivity contribution < 1.29 is 5.11 Å². The van der Waals surface area contributed by atoms with E-state index < -0.39 is 0 Å². The van der Waals surface area contributed by atoms with Crippen molar-refractivity contribution in [2.45, 2.75) is 25.8 Å². The summed E-state index contributed by atoms with van der Waals surface area (Å²) in [5.74, 6) is 0.349. The standard InChI is InChI=1S/C14H18N2O/c1-14(2)13-10(6-7-15-14)11-8-9(17)4-5-12(11)16(13)3/h4-5,8,15,17H,6-7H2,1-3H3. The largest absolute Gasteiger partial charge is 0.508 e. The van der Waals surface area contributed by atoms with Crippen LogP contribution in [0.5, 0.6) is 5.75 Å². The first kappa shape index (κ1) is 10.7. The summed E-state index contributed by atoms with van der Waals surface area (Å²) >= 11 is 0. The van der Waals surface area contributed by atoms with E-state index in [0.717, 1.165) is 13.0 Å². The fraction of sp³-hybridized carbons (Fsp3) is 0.429. The van der Waals surface area contributed by atoms with Gasteiger partial charge >= 0.3 is 0 Å². The summed E-state index contributed by atoms with van der Waals surface area (Å²) in [6.45, 7) is 5.42. The molecule has 1 aliphatic rings. The lowest BCUT2D eigenvalue weighted by Gasteiger charge is -2.33. The molecule has 0 aliphatic carbocycles. The molecule has 17 heavy (non-hydrogen) atoms. The summed E-state index contributed by atoms with van der Waals surface area (Å²) in [6.07, 6.45) is 1.03. The van der Waals surface area contributed by atoms with Crippen LogP contribution < -0.4 is 5.32 Å². The molecule has 2 aromatic rings. The molecular weight excluding hydrogens is 212 g/mol. The maximum atomic E-state index is 9.65. The number of hydrogen-bond donors (Lipinski definition) is 2. The Hall–Kier alpha value is -1.48. The maximum Gasteiger partial charge on any atom is 0.116 e. The molecule has 0 radical (unpaired) electrons.